The SMILES string of the molecule is CCc1ccc2oc(-c3ccc(Cl)c(NC(=O)COc4ccc([C@H](C)CC)cc4)c3)nc2c1. The molecule has 4 rings (SSSR count). The van der Waals surface area contributed by atoms with Gasteiger partial charge in [0.1, 0.15) is 11.3 Å². The Bertz CT molecular complexity index is 1260. The predicted octanol–water partition coefficient (Wildman–Crippen LogP) is 7.24. The molecule has 0 aliphatic heterocycles. The summed E-state index contributed by atoms with van der Waals surface area (Å²) in [6.07, 6.45) is 2.01. The highest BCUT2D eigenvalue weighted by atomic mass is 35.5. The number of hydrogen-bond acceptors (Lipinski definition) is 4. The topological polar surface area (TPSA) is 64.4 Å². The summed E-state index contributed by atoms with van der Waals surface area (Å²) < 4.78 is 11.5. The number of ether oxygens (including phenoxy) is 1. The number of aryl methyl sites for hydroxylation is 1. The van der Waals surface area contributed by atoms with Crippen molar-refractivity contribution in [2.75, 3.05) is 11.9 Å². The standard InChI is InChI=1S/C27H27ClN2O3/c1-4-17(3)19-7-10-21(11-8-19)32-16-26(31)29-23-15-20(9-12-22(23)28)27-30-24-14-18(5-2)6-13-25(24)33-27/h6-15,17H,4-5,16H2,1-3H3,(H,29,31)/t17-/m1/s1. The number of fused-ring (bicyclic) bond motifs is 1. The molecule has 1 aromatic heterocycles. The molecule has 1 atom stereocenters. The van der Waals surface area contributed by atoms with E-state index in [0.29, 0.717) is 28.3 Å². The van der Waals surface area contributed by atoms with Crippen LogP contribution in [-0.2, 0) is 11.2 Å². The van der Waals surface area contributed by atoms with Crippen molar-refractivity contribution < 1.29 is 13.9 Å². The number of anilines is 1. The van der Waals surface area contributed by atoms with Gasteiger partial charge < -0.3 is 14.5 Å². The van der Waals surface area contributed by atoms with Gasteiger partial charge in [-0.1, -0.05) is 50.6 Å². The largest absolute Gasteiger partial charge is 0.484 e. The molecular formula is C27H27ClN2O3. The molecule has 0 unspecified atom stereocenters. The first-order valence-electron chi connectivity index (χ1n) is 11.2. The normalized spacial score (nSPS) is 12.0. The van der Waals surface area contributed by atoms with E-state index in [2.05, 4.69) is 31.1 Å². The first kappa shape index (κ1) is 22.9. The smallest absolute Gasteiger partial charge is 0.262 e. The van der Waals surface area contributed by atoms with Crippen molar-refractivity contribution in [3.05, 3.63) is 76.8 Å². The minimum absolute atomic E-state index is 0.119. The van der Waals surface area contributed by atoms with Crippen LogP contribution < -0.4 is 10.1 Å². The van der Waals surface area contributed by atoms with Gasteiger partial charge in [0.25, 0.3) is 5.91 Å². The number of rotatable bonds is 8. The highest BCUT2D eigenvalue weighted by Gasteiger charge is 2.13. The lowest BCUT2D eigenvalue weighted by molar-refractivity contribution is -0.118. The Labute approximate surface area is 198 Å². The Hall–Kier alpha value is -3.31. The molecule has 0 fully saturated rings. The predicted molar refractivity (Wildman–Crippen MR) is 133 cm³/mol. The van der Waals surface area contributed by atoms with Gasteiger partial charge in [-0.05, 0) is 72.4 Å². The molecule has 0 radical (unpaired) electrons. The zero-order valence-corrected chi connectivity index (χ0v) is 19.8. The summed E-state index contributed by atoms with van der Waals surface area (Å²) in [7, 11) is 0. The van der Waals surface area contributed by atoms with Crippen molar-refractivity contribution in [3.8, 4) is 17.2 Å². The van der Waals surface area contributed by atoms with Gasteiger partial charge in [-0.2, -0.15) is 0 Å². The molecule has 4 aromatic rings. The third-order valence-corrected chi connectivity index (χ3v) is 6.11. The summed E-state index contributed by atoms with van der Waals surface area (Å²) in [5.74, 6) is 1.31. The number of oxazole rings is 1. The number of benzene rings is 3. The molecule has 1 heterocycles. The van der Waals surface area contributed by atoms with Crippen LogP contribution in [0.15, 0.2) is 65.1 Å². The van der Waals surface area contributed by atoms with Gasteiger partial charge in [-0.15, -0.1) is 0 Å². The molecule has 0 aliphatic carbocycles. The van der Waals surface area contributed by atoms with Crippen molar-refractivity contribution in [2.24, 2.45) is 0 Å². The second-order valence-corrected chi connectivity index (χ2v) is 8.49. The maximum atomic E-state index is 12.5. The highest BCUT2D eigenvalue weighted by molar-refractivity contribution is 6.33. The third kappa shape index (κ3) is 5.37. The van der Waals surface area contributed by atoms with Gasteiger partial charge in [-0.3, -0.25) is 4.79 Å². The molecule has 1 N–H and O–H groups in total. The molecule has 0 saturated carbocycles. The Morgan fingerprint density at radius 2 is 1.88 bits per heavy atom. The number of halogens is 1. The summed E-state index contributed by atoms with van der Waals surface area (Å²) in [6.45, 7) is 6.32. The Morgan fingerprint density at radius 3 is 2.61 bits per heavy atom. The zero-order chi connectivity index (χ0) is 23.4. The second kappa shape index (κ2) is 10.1. The quantitative estimate of drug-likeness (QED) is 0.299. The molecule has 6 heteroatoms. The van der Waals surface area contributed by atoms with E-state index in [9.17, 15) is 4.79 Å². The van der Waals surface area contributed by atoms with Gasteiger partial charge in [-0.25, -0.2) is 4.98 Å². The van der Waals surface area contributed by atoms with Crippen molar-refractivity contribution >= 4 is 34.3 Å². The highest BCUT2D eigenvalue weighted by Crippen LogP contribution is 2.31. The average molecular weight is 463 g/mol. The van der Waals surface area contributed by atoms with Crippen LogP contribution in [0.1, 0.15) is 44.2 Å². The van der Waals surface area contributed by atoms with E-state index in [-0.39, 0.29) is 12.5 Å². The zero-order valence-electron chi connectivity index (χ0n) is 19.0. The van der Waals surface area contributed by atoms with Gasteiger partial charge in [0, 0.05) is 5.56 Å². The summed E-state index contributed by atoms with van der Waals surface area (Å²) >= 11 is 6.32. The third-order valence-electron chi connectivity index (χ3n) is 5.78. The van der Waals surface area contributed by atoms with Crippen molar-refractivity contribution in [3.63, 3.8) is 0 Å². The van der Waals surface area contributed by atoms with Gasteiger partial charge >= 0.3 is 0 Å². The van der Waals surface area contributed by atoms with Crippen molar-refractivity contribution in [1.82, 2.24) is 4.98 Å². The van der Waals surface area contributed by atoms with Crippen LogP contribution in [0.5, 0.6) is 5.75 Å². The van der Waals surface area contributed by atoms with E-state index in [1.54, 1.807) is 12.1 Å². The molecule has 0 aliphatic rings. The molecule has 0 spiro atoms. The molecule has 33 heavy (non-hydrogen) atoms. The number of nitrogens with zero attached hydrogens (tertiary/aromatic N) is 1. The van der Waals surface area contributed by atoms with E-state index < -0.39 is 0 Å². The van der Waals surface area contributed by atoms with Crippen LogP contribution in [0.2, 0.25) is 5.02 Å². The van der Waals surface area contributed by atoms with Gasteiger partial charge in [0.05, 0.1) is 10.7 Å². The summed E-state index contributed by atoms with van der Waals surface area (Å²) in [4.78, 5) is 17.1. The Balaban J connectivity index is 1.44. The number of amides is 1. The molecule has 1 amide bonds. The maximum Gasteiger partial charge on any atom is 0.262 e. The first-order valence-corrected chi connectivity index (χ1v) is 11.6. The Kier molecular flexibility index (Phi) is 6.99. The first-order chi connectivity index (χ1) is 16.0. The fourth-order valence-corrected chi connectivity index (χ4v) is 3.70. The van der Waals surface area contributed by atoms with Crippen LogP contribution in [0.3, 0.4) is 0 Å². The van der Waals surface area contributed by atoms with Gasteiger partial charge in [0.2, 0.25) is 5.89 Å². The average Bonchev–Trinajstić information content (AvgIpc) is 3.27. The van der Waals surface area contributed by atoms with Crippen molar-refractivity contribution in [1.29, 1.82) is 0 Å². The number of carbonyl (C=O) groups excluding carboxylic acids is 1. The van der Waals surface area contributed by atoms with E-state index in [4.69, 9.17) is 20.8 Å². The fourth-order valence-electron chi connectivity index (χ4n) is 3.53. The van der Waals surface area contributed by atoms with E-state index in [1.165, 1.54) is 11.1 Å². The molecule has 170 valence electrons. The molecular weight excluding hydrogens is 436 g/mol. The fraction of sp³-hybridized carbons (Fsp3) is 0.259. The summed E-state index contributed by atoms with van der Waals surface area (Å²) in [6, 6.07) is 19.1. The van der Waals surface area contributed by atoms with Crippen LogP contribution in [0.25, 0.3) is 22.6 Å². The minimum Gasteiger partial charge on any atom is -0.484 e. The molecule has 0 saturated heterocycles. The van der Waals surface area contributed by atoms with Crippen LogP contribution in [0.4, 0.5) is 5.69 Å². The van der Waals surface area contributed by atoms with Crippen LogP contribution >= 0.6 is 11.6 Å². The second-order valence-electron chi connectivity index (χ2n) is 8.08. The monoisotopic (exact) mass is 462 g/mol. The van der Waals surface area contributed by atoms with E-state index in [1.807, 2.05) is 48.5 Å². The van der Waals surface area contributed by atoms with E-state index >= 15 is 0 Å². The molecule has 0 bridgehead atoms. The van der Waals surface area contributed by atoms with Crippen molar-refractivity contribution in [2.45, 2.75) is 39.5 Å². The lowest BCUT2D eigenvalue weighted by Gasteiger charge is -2.11. The molecule has 3 aromatic carbocycles. The number of hydrogen-bond donors (Lipinski definition) is 1. The van der Waals surface area contributed by atoms with Crippen LogP contribution in [-0.4, -0.2) is 17.5 Å². The lowest BCUT2D eigenvalue weighted by Crippen LogP contribution is -2.20. The van der Waals surface area contributed by atoms with E-state index in [0.717, 1.165) is 29.5 Å². The summed E-state index contributed by atoms with van der Waals surface area (Å²) in [5.41, 5.74) is 5.17. The number of nitrogens with one attached hydrogen (secondary N) is 1. The number of aromatic nitrogens is 1. The summed E-state index contributed by atoms with van der Waals surface area (Å²) in [5, 5.41) is 3.24. The molecule has 5 nitrogen and oxygen atoms in total. The number of carbonyl (C=O) groups is 1. The van der Waals surface area contributed by atoms with Crippen LogP contribution in [0, 0.1) is 0 Å². The Morgan fingerprint density at radius 1 is 1.09 bits per heavy atom. The maximum absolute atomic E-state index is 12.5. The minimum atomic E-state index is -0.301. The lowest BCUT2D eigenvalue weighted by atomic mass is 9.99. The van der Waals surface area contributed by atoms with Gasteiger partial charge in [0.15, 0.2) is 12.2 Å².